The molecule has 0 radical (unpaired) electrons. The van der Waals surface area contributed by atoms with Gasteiger partial charge in [0.1, 0.15) is 5.15 Å². The lowest BCUT2D eigenvalue weighted by Crippen LogP contribution is -2.51. The Morgan fingerprint density at radius 3 is 2.67 bits per heavy atom. The van der Waals surface area contributed by atoms with Crippen molar-refractivity contribution in [3.05, 3.63) is 35.1 Å². The predicted octanol–water partition coefficient (Wildman–Crippen LogP) is 3.00. The number of aromatic nitrogens is 1. The van der Waals surface area contributed by atoms with E-state index in [0.717, 1.165) is 29.5 Å². The molecule has 2 aromatic rings. The predicted molar refractivity (Wildman–Crippen MR) is 99.4 cm³/mol. The van der Waals surface area contributed by atoms with E-state index in [9.17, 15) is 8.42 Å². The second-order valence-corrected chi connectivity index (χ2v) is 8.99. The van der Waals surface area contributed by atoms with Crippen LogP contribution in [0.5, 0.6) is 0 Å². The maximum absolute atomic E-state index is 11.2. The summed E-state index contributed by atoms with van der Waals surface area (Å²) in [5.41, 5.74) is 2.39. The molecule has 0 unspecified atom stereocenters. The highest BCUT2D eigenvalue weighted by Gasteiger charge is 2.29. The third kappa shape index (κ3) is 3.66. The molecule has 1 saturated heterocycles. The van der Waals surface area contributed by atoms with Crippen LogP contribution in [0.4, 0.5) is 5.69 Å². The molecule has 1 fully saturated rings. The first-order chi connectivity index (χ1) is 11.2. The van der Waals surface area contributed by atoms with Crippen LogP contribution in [-0.4, -0.2) is 39.3 Å². The minimum atomic E-state index is -3.13. The Hall–Kier alpha value is -1.37. The fourth-order valence-electron chi connectivity index (χ4n) is 3.17. The van der Waals surface area contributed by atoms with Gasteiger partial charge in [-0.05, 0) is 29.0 Å². The molecule has 0 atom stereocenters. The zero-order valence-corrected chi connectivity index (χ0v) is 15.7. The van der Waals surface area contributed by atoms with Crippen LogP contribution in [0.3, 0.4) is 0 Å². The molecule has 1 aromatic carbocycles. The van der Waals surface area contributed by atoms with Crippen LogP contribution in [0.15, 0.2) is 24.4 Å². The molecule has 24 heavy (non-hydrogen) atoms. The first kappa shape index (κ1) is 17.5. The molecule has 7 heteroatoms. The van der Waals surface area contributed by atoms with E-state index in [1.165, 1.54) is 11.8 Å². The smallest absolute Gasteiger partial charge is 0.208 e. The van der Waals surface area contributed by atoms with Crippen LogP contribution in [0, 0.1) is 5.92 Å². The number of nitrogens with one attached hydrogen (secondary N) is 1. The number of hydrogen-bond donors (Lipinski definition) is 1. The second-order valence-electron chi connectivity index (χ2n) is 6.77. The Labute approximate surface area is 148 Å². The third-order valence-corrected chi connectivity index (χ3v) is 5.33. The van der Waals surface area contributed by atoms with Crippen molar-refractivity contribution in [2.75, 3.05) is 30.8 Å². The lowest BCUT2D eigenvalue weighted by molar-refractivity contribution is 0.407. The SMILES string of the molecule is CC(C)c1ccc(N2CC(CNS(C)(=O)=O)C2)c2cnc(Cl)cc12. The Morgan fingerprint density at radius 2 is 2.04 bits per heavy atom. The highest BCUT2D eigenvalue weighted by molar-refractivity contribution is 7.88. The van der Waals surface area contributed by atoms with Gasteiger partial charge in [-0.3, -0.25) is 0 Å². The molecular weight excluding hydrogens is 346 g/mol. The standard InChI is InChI=1S/C17H22ClN3O2S/c1-11(2)13-4-5-16(15-8-19-17(18)6-14(13)15)21-9-12(10-21)7-20-24(3,22)23/h4-6,8,11-12,20H,7,9-10H2,1-3H3. The maximum Gasteiger partial charge on any atom is 0.208 e. The summed E-state index contributed by atoms with van der Waals surface area (Å²) in [7, 11) is -3.13. The van der Waals surface area contributed by atoms with E-state index in [-0.39, 0.29) is 0 Å². The van der Waals surface area contributed by atoms with Crippen molar-refractivity contribution in [2.45, 2.75) is 19.8 Å². The Morgan fingerprint density at radius 1 is 1.33 bits per heavy atom. The normalized spacial score (nSPS) is 16.0. The second kappa shape index (κ2) is 6.50. The van der Waals surface area contributed by atoms with Crippen LogP contribution >= 0.6 is 11.6 Å². The van der Waals surface area contributed by atoms with Crippen molar-refractivity contribution in [1.82, 2.24) is 9.71 Å². The van der Waals surface area contributed by atoms with Crippen LogP contribution in [0.2, 0.25) is 5.15 Å². The minimum absolute atomic E-state index is 0.333. The number of hydrogen-bond acceptors (Lipinski definition) is 4. The Balaban J connectivity index is 1.83. The van der Waals surface area contributed by atoms with Crippen molar-refractivity contribution in [1.29, 1.82) is 0 Å². The van der Waals surface area contributed by atoms with Gasteiger partial charge in [-0.15, -0.1) is 0 Å². The zero-order chi connectivity index (χ0) is 17.5. The zero-order valence-electron chi connectivity index (χ0n) is 14.1. The Kier molecular flexibility index (Phi) is 4.73. The molecule has 0 bridgehead atoms. The Bertz CT molecular complexity index is 862. The van der Waals surface area contributed by atoms with Gasteiger partial charge in [-0.2, -0.15) is 0 Å². The van der Waals surface area contributed by atoms with Crippen molar-refractivity contribution in [2.24, 2.45) is 5.92 Å². The third-order valence-electron chi connectivity index (χ3n) is 4.43. The van der Waals surface area contributed by atoms with Gasteiger partial charge in [0.15, 0.2) is 0 Å². The van der Waals surface area contributed by atoms with Crippen LogP contribution in [-0.2, 0) is 10.0 Å². The van der Waals surface area contributed by atoms with Crippen LogP contribution in [0.1, 0.15) is 25.3 Å². The monoisotopic (exact) mass is 367 g/mol. The van der Waals surface area contributed by atoms with Gasteiger partial charge in [0.25, 0.3) is 0 Å². The first-order valence-corrected chi connectivity index (χ1v) is 10.3. The average Bonchev–Trinajstić information content (AvgIpc) is 2.43. The van der Waals surface area contributed by atoms with E-state index in [1.54, 1.807) is 0 Å². The van der Waals surface area contributed by atoms with E-state index in [1.807, 2.05) is 12.3 Å². The highest BCUT2D eigenvalue weighted by atomic mass is 35.5. The number of anilines is 1. The van der Waals surface area contributed by atoms with E-state index in [4.69, 9.17) is 11.6 Å². The number of pyridine rings is 1. The molecule has 130 valence electrons. The molecule has 0 amide bonds. The summed E-state index contributed by atoms with van der Waals surface area (Å²) in [4.78, 5) is 6.50. The van der Waals surface area contributed by atoms with Gasteiger partial charge >= 0.3 is 0 Å². The van der Waals surface area contributed by atoms with Crippen molar-refractivity contribution in [3.63, 3.8) is 0 Å². The fourth-order valence-corrected chi connectivity index (χ4v) is 3.86. The van der Waals surface area contributed by atoms with Gasteiger partial charge in [0.2, 0.25) is 10.0 Å². The van der Waals surface area contributed by atoms with E-state index < -0.39 is 10.0 Å². The molecular formula is C17H22ClN3O2S. The largest absolute Gasteiger partial charge is 0.370 e. The lowest BCUT2D eigenvalue weighted by atomic mass is 9.93. The molecule has 1 aliphatic rings. The highest BCUT2D eigenvalue weighted by Crippen LogP contribution is 2.36. The molecule has 3 rings (SSSR count). The number of sulfonamides is 1. The van der Waals surface area contributed by atoms with Gasteiger partial charge in [0, 0.05) is 42.8 Å². The first-order valence-electron chi connectivity index (χ1n) is 8.02. The van der Waals surface area contributed by atoms with Gasteiger partial charge in [0.05, 0.1) is 6.26 Å². The topological polar surface area (TPSA) is 62.3 Å². The molecule has 0 saturated carbocycles. The molecule has 1 N–H and O–H groups in total. The van der Waals surface area contributed by atoms with E-state index >= 15 is 0 Å². The van der Waals surface area contributed by atoms with Crippen molar-refractivity contribution >= 4 is 38.1 Å². The van der Waals surface area contributed by atoms with Crippen molar-refractivity contribution < 1.29 is 8.42 Å². The minimum Gasteiger partial charge on any atom is -0.370 e. The van der Waals surface area contributed by atoms with Gasteiger partial charge < -0.3 is 4.90 Å². The molecule has 5 nitrogen and oxygen atoms in total. The van der Waals surface area contributed by atoms with Crippen LogP contribution in [0.25, 0.3) is 10.8 Å². The molecule has 1 aromatic heterocycles. The number of nitrogens with zero attached hydrogens (tertiary/aromatic N) is 2. The van der Waals surface area contributed by atoms with Gasteiger partial charge in [-0.25, -0.2) is 18.1 Å². The van der Waals surface area contributed by atoms with E-state index in [0.29, 0.717) is 23.5 Å². The number of halogens is 1. The summed E-state index contributed by atoms with van der Waals surface area (Å²) >= 11 is 6.09. The quantitative estimate of drug-likeness (QED) is 0.825. The summed E-state index contributed by atoms with van der Waals surface area (Å²) < 4.78 is 25.0. The number of rotatable bonds is 5. The lowest BCUT2D eigenvalue weighted by Gasteiger charge is -2.41. The maximum atomic E-state index is 11.2. The molecule has 1 aliphatic heterocycles. The average molecular weight is 368 g/mol. The van der Waals surface area contributed by atoms with Crippen LogP contribution < -0.4 is 9.62 Å². The van der Waals surface area contributed by atoms with E-state index in [2.05, 4.69) is 40.6 Å². The fraction of sp³-hybridized carbons (Fsp3) is 0.471. The summed E-state index contributed by atoms with van der Waals surface area (Å²) in [5.74, 6) is 0.739. The molecule has 2 heterocycles. The summed E-state index contributed by atoms with van der Waals surface area (Å²) in [6, 6.07) is 6.21. The number of benzene rings is 1. The number of fused-ring (bicyclic) bond motifs is 1. The summed E-state index contributed by atoms with van der Waals surface area (Å²) in [6.45, 7) is 6.49. The molecule has 0 spiro atoms. The summed E-state index contributed by atoms with van der Waals surface area (Å²) in [6.07, 6.45) is 3.03. The van der Waals surface area contributed by atoms with Gasteiger partial charge in [-0.1, -0.05) is 31.5 Å². The van der Waals surface area contributed by atoms with Crippen molar-refractivity contribution in [3.8, 4) is 0 Å². The molecule has 0 aliphatic carbocycles. The summed E-state index contributed by atoms with van der Waals surface area (Å²) in [5, 5.41) is 2.74.